The average molecular weight is 312 g/mol. The first-order chi connectivity index (χ1) is 10.1. The molecule has 0 aliphatic carbocycles. The van der Waals surface area contributed by atoms with E-state index < -0.39 is 0 Å². The summed E-state index contributed by atoms with van der Waals surface area (Å²) in [6.45, 7) is 6.82. The second kappa shape index (κ2) is 7.64. The number of nitrogens with zero attached hydrogens (tertiary/aromatic N) is 2. The van der Waals surface area contributed by atoms with Gasteiger partial charge in [0, 0.05) is 50.5 Å². The first-order valence-electron chi connectivity index (χ1n) is 7.13. The Morgan fingerprint density at radius 3 is 2.71 bits per heavy atom. The number of ether oxygens (including phenoxy) is 1. The Morgan fingerprint density at radius 2 is 2.05 bits per heavy atom. The Bertz CT molecular complexity index is 488. The van der Waals surface area contributed by atoms with Crippen molar-refractivity contribution in [3.8, 4) is 0 Å². The van der Waals surface area contributed by atoms with E-state index in [1.54, 1.807) is 13.2 Å². The number of aryl methyl sites for hydroxylation is 1. The molecule has 1 aromatic carbocycles. The second-order valence-electron chi connectivity index (χ2n) is 5.21. The fourth-order valence-corrected chi connectivity index (χ4v) is 2.49. The van der Waals surface area contributed by atoms with Gasteiger partial charge in [0.1, 0.15) is 0 Å². The zero-order valence-electron chi connectivity index (χ0n) is 12.6. The molecule has 0 unspecified atom stereocenters. The van der Waals surface area contributed by atoms with Gasteiger partial charge in [0.15, 0.2) is 0 Å². The Hall–Kier alpha value is -1.30. The lowest BCUT2D eigenvalue weighted by molar-refractivity contribution is 0.109. The summed E-state index contributed by atoms with van der Waals surface area (Å²) >= 11 is 5.97. The Kier molecular flexibility index (Phi) is 5.85. The standard InChI is InChI=1S/C15H22ClN3O2/c1-12-3-4-13(16)11-14(12)17-15(20)19-7-5-18(6-8-19)9-10-21-2/h3-4,11H,5-10H2,1-2H3,(H,17,20). The van der Waals surface area contributed by atoms with Crippen molar-refractivity contribution in [2.75, 3.05) is 51.8 Å². The predicted molar refractivity (Wildman–Crippen MR) is 85.1 cm³/mol. The highest BCUT2D eigenvalue weighted by Gasteiger charge is 2.21. The van der Waals surface area contributed by atoms with E-state index in [0.29, 0.717) is 5.02 Å². The second-order valence-corrected chi connectivity index (χ2v) is 5.65. The summed E-state index contributed by atoms with van der Waals surface area (Å²) in [6, 6.07) is 5.44. The molecular weight excluding hydrogens is 290 g/mol. The lowest BCUT2D eigenvalue weighted by atomic mass is 10.2. The first kappa shape index (κ1) is 16.1. The minimum atomic E-state index is -0.0632. The van der Waals surface area contributed by atoms with E-state index >= 15 is 0 Å². The van der Waals surface area contributed by atoms with E-state index in [1.165, 1.54) is 0 Å². The number of nitrogens with one attached hydrogen (secondary N) is 1. The van der Waals surface area contributed by atoms with Crippen molar-refractivity contribution >= 4 is 23.3 Å². The quantitative estimate of drug-likeness (QED) is 0.929. The molecule has 1 aliphatic rings. The minimum absolute atomic E-state index is 0.0632. The number of anilines is 1. The van der Waals surface area contributed by atoms with E-state index in [2.05, 4.69) is 10.2 Å². The molecule has 1 N–H and O–H groups in total. The Balaban J connectivity index is 1.86. The van der Waals surface area contributed by atoms with E-state index in [9.17, 15) is 4.79 Å². The van der Waals surface area contributed by atoms with Gasteiger partial charge in [-0.25, -0.2) is 4.79 Å². The van der Waals surface area contributed by atoms with E-state index in [4.69, 9.17) is 16.3 Å². The Labute approximate surface area is 130 Å². The Morgan fingerprint density at radius 1 is 1.33 bits per heavy atom. The summed E-state index contributed by atoms with van der Waals surface area (Å²) in [4.78, 5) is 16.4. The number of methoxy groups -OCH3 is 1. The predicted octanol–water partition coefficient (Wildman–Crippen LogP) is 2.44. The number of piperazine rings is 1. The summed E-state index contributed by atoms with van der Waals surface area (Å²) in [5, 5.41) is 3.56. The zero-order valence-corrected chi connectivity index (χ0v) is 13.3. The van der Waals surface area contributed by atoms with Crippen LogP contribution in [0, 0.1) is 6.92 Å². The third-order valence-electron chi connectivity index (χ3n) is 3.71. The summed E-state index contributed by atoms with van der Waals surface area (Å²) in [6.07, 6.45) is 0. The third kappa shape index (κ3) is 4.59. The zero-order chi connectivity index (χ0) is 15.2. The number of carbonyl (C=O) groups excluding carboxylic acids is 1. The number of urea groups is 1. The number of amides is 2. The minimum Gasteiger partial charge on any atom is -0.383 e. The maximum atomic E-state index is 12.3. The topological polar surface area (TPSA) is 44.8 Å². The van der Waals surface area contributed by atoms with E-state index in [0.717, 1.165) is 50.6 Å². The fraction of sp³-hybridized carbons (Fsp3) is 0.533. The molecule has 1 heterocycles. The van der Waals surface area contributed by atoms with Crippen molar-refractivity contribution in [2.24, 2.45) is 0 Å². The molecule has 1 fully saturated rings. The maximum absolute atomic E-state index is 12.3. The lowest BCUT2D eigenvalue weighted by Gasteiger charge is -2.34. The van der Waals surface area contributed by atoms with E-state index in [-0.39, 0.29) is 6.03 Å². The van der Waals surface area contributed by atoms with Crippen molar-refractivity contribution in [2.45, 2.75) is 6.92 Å². The molecule has 5 nitrogen and oxygen atoms in total. The monoisotopic (exact) mass is 311 g/mol. The molecule has 1 saturated heterocycles. The summed E-state index contributed by atoms with van der Waals surface area (Å²) in [5.41, 5.74) is 1.78. The lowest BCUT2D eigenvalue weighted by Crippen LogP contribution is -2.50. The van der Waals surface area contributed by atoms with Gasteiger partial charge < -0.3 is 15.0 Å². The summed E-state index contributed by atoms with van der Waals surface area (Å²) in [7, 11) is 1.71. The van der Waals surface area contributed by atoms with Crippen LogP contribution in [0.2, 0.25) is 5.02 Å². The van der Waals surface area contributed by atoms with Crippen molar-refractivity contribution < 1.29 is 9.53 Å². The molecule has 0 bridgehead atoms. The van der Waals surface area contributed by atoms with Crippen LogP contribution in [-0.2, 0) is 4.74 Å². The molecule has 6 heteroatoms. The van der Waals surface area contributed by atoms with Gasteiger partial charge in [-0.3, -0.25) is 4.90 Å². The highest BCUT2D eigenvalue weighted by molar-refractivity contribution is 6.31. The summed E-state index contributed by atoms with van der Waals surface area (Å²) in [5.74, 6) is 0. The smallest absolute Gasteiger partial charge is 0.321 e. The number of hydrogen-bond donors (Lipinski definition) is 1. The molecule has 21 heavy (non-hydrogen) atoms. The number of rotatable bonds is 4. The van der Waals surface area contributed by atoms with Gasteiger partial charge in [-0.1, -0.05) is 17.7 Å². The number of carbonyl (C=O) groups is 1. The molecule has 116 valence electrons. The van der Waals surface area contributed by atoms with Gasteiger partial charge in [-0.2, -0.15) is 0 Å². The number of halogens is 1. The average Bonchev–Trinajstić information content (AvgIpc) is 2.49. The van der Waals surface area contributed by atoms with Crippen LogP contribution in [-0.4, -0.2) is 62.3 Å². The normalized spacial score (nSPS) is 16.0. The van der Waals surface area contributed by atoms with Gasteiger partial charge in [-0.05, 0) is 24.6 Å². The molecule has 0 aromatic heterocycles. The molecule has 0 atom stereocenters. The molecule has 0 saturated carbocycles. The van der Waals surface area contributed by atoms with Crippen molar-refractivity contribution in [1.82, 2.24) is 9.80 Å². The van der Waals surface area contributed by atoms with Crippen LogP contribution in [0.5, 0.6) is 0 Å². The van der Waals surface area contributed by atoms with Crippen LogP contribution >= 0.6 is 11.6 Å². The van der Waals surface area contributed by atoms with Gasteiger partial charge in [0.2, 0.25) is 0 Å². The van der Waals surface area contributed by atoms with E-state index in [1.807, 2.05) is 24.0 Å². The first-order valence-corrected chi connectivity index (χ1v) is 7.51. The molecule has 1 aromatic rings. The van der Waals surface area contributed by atoms with Crippen LogP contribution in [0.1, 0.15) is 5.56 Å². The molecule has 2 amide bonds. The number of hydrogen-bond acceptors (Lipinski definition) is 3. The van der Waals surface area contributed by atoms with Crippen molar-refractivity contribution in [1.29, 1.82) is 0 Å². The molecule has 0 radical (unpaired) electrons. The summed E-state index contributed by atoms with van der Waals surface area (Å²) < 4.78 is 5.08. The molecular formula is C15H22ClN3O2. The van der Waals surface area contributed by atoms with Gasteiger partial charge in [-0.15, -0.1) is 0 Å². The van der Waals surface area contributed by atoms with Crippen LogP contribution < -0.4 is 5.32 Å². The van der Waals surface area contributed by atoms with Gasteiger partial charge in [0.05, 0.1) is 6.61 Å². The van der Waals surface area contributed by atoms with Gasteiger partial charge >= 0.3 is 6.03 Å². The maximum Gasteiger partial charge on any atom is 0.321 e. The van der Waals surface area contributed by atoms with Crippen molar-refractivity contribution in [3.63, 3.8) is 0 Å². The largest absolute Gasteiger partial charge is 0.383 e. The van der Waals surface area contributed by atoms with Crippen LogP contribution in [0.3, 0.4) is 0 Å². The number of benzene rings is 1. The molecule has 1 aliphatic heterocycles. The fourth-order valence-electron chi connectivity index (χ4n) is 2.32. The highest BCUT2D eigenvalue weighted by Crippen LogP contribution is 2.20. The van der Waals surface area contributed by atoms with Crippen molar-refractivity contribution in [3.05, 3.63) is 28.8 Å². The van der Waals surface area contributed by atoms with Crippen LogP contribution in [0.4, 0.5) is 10.5 Å². The molecule has 0 spiro atoms. The SMILES string of the molecule is COCCN1CCN(C(=O)Nc2cc(Cl)ccc2C)CC1. The third-order valence-corrected chi connectivity index (χ3v) is 3.95. The highest BCUT2D eigenvalue weighted by atomic mass is 35.5. The van der Waals surface area contributed by atoms with Gasteiger partial charge in [0.25, 0.3) is 0 Å². The molecule has 2 rings (SSSR count). The van der Waals surface area contributed by atoms with Crippen LogP contribution in [0.15, 0.2) is 18.2 Å². The van der Waals surface area contributed by atoms with Crippen LogP contribution in [0.25, 0.3) is 0 Å².